The lowest BCUT2D eigenvalue weighted by molar-refractivity contribution is 0.0531. The van der Waals surface area contributed by atoms with Crippen LogP contribution in [0.1, 0.15) is 27.9 Å². The summed E-state index contributed by atoms with van der Waals surface area (Å²) in [6.07, 6.45) is 1.66. The van der Waals surface area contributed by atoms with E-state index in [-0.39, 0.29) is 5.97 Å². The van der Waals surface area contributed by atoms with Gasteiger partial charge in [0.05, 0.1) is 25.6 Å². The highest BCUT2D eigenvalue weighted by Gasteiger charge is 2.15. The third kappa shape index (κ3) is 4.05. The Morgan fingerprint density at radius 2 is 2.32 bits per heavy atom. The molecule has 6 nitrogen and oxygen atoms in total. The normalized spacial score (nSPS) is 10.7. The van der Waals surface area contributed by atoms with Crippen molar-refractivity contribution in [2.45, 2.75) is 13.8 Å². The molecule has 0 aliphatic rings. The molecule has 1 aromatic heterocycles. The quantitative estimate of drug-likeness (QED) is 0.503. The molecule has 0 saturated heterocycles. The molecule has 0 atom stereocenters. The molecule has 0 aliphatic carbocycles. The number of hydrogen-bond donors (Lipinski definition) is 1. The average Bonchev–Trinajstić information content (AvgIpc) is 2.89. The minimum absolute atomic E-state index is 0.340. The van der Waals surface area contributed by atoms with Crippen LogP contribution in [-0.4, -0.2) is 30.9 Å². The second kappa shape index (κ2) is 7.56. The Morgan fingerprint density at radius 3 is 3.05 bits per heavy atom. The number of carbonyl (C=O) groups excluding carboxylic acids is 1. The summed E-state index contributed by atoms with van der Waals surface area (Å²) in [4.78, 5) is 16.4. The van der Waals surface area contributed by atoms with Crippen LogP contribution in [0.2, 0.25) is 0 Å². The molecule has 0 radical (unpaired) electrons. The third-order valence-corrected chi connectivity index (χ3v) is 3.77. The maximum Gasteiger partial charge on any atom is 0.350 e. The maximum atomic E-state index is 11.7. The van der Waals surface area contributed by atoms with Gasteiger partial charge in [-0.15, -0.1) is 0 Å². The number of hydrazone groups is 1. The van der Waals surface area contributed by atoms with E-state index in [1.54, 1.807) is 27.2 Å². The zero-order chi connectivity index (χ0) is 15.9. The van der Waals surface area contributed by atoms with Gasteiger partial charge in [0.15, 0.2) is 0 Å². The van der Waals surface area contributed by atoms with E-state index in [0.717, 1.165) is 11.3 Å². The Kier molecular flexibility index (Phi) is 5.48. The third-order valence-electron chi connectivity index (χ3n) is 2.73. The van der Waals surface area contributed by atoms with Crippen molar-refractivity contribution in [2.75, 3.05) is 19.1 Å². The van der Waals surface area contributed by atoms with Crippen molar-refractivity contribution in [3.05, 3.63) is 40.4 Å². The van der Waals surface area contributed by atoms with Gasteiger partial charge in [-0.25, -0.2) is 9.78 Å². The van der Waals surface area contributed by atoms with Gasteiger partial charge in [-0.3, -0.25) is 5.43 Å². The molecule has 116 valence electrons. The predicted octanol–water partition coefficient (Wildman–Crippen LogP) is 3.08. The van der Waals surface area contributed by atoms with Gasteiger partial charge < -0.3 is 9.47 Å². The molecule has 1 heterocycles. The Bertz CT molecular complexity index is 682. The molecule has 2 aromatic rings. The smallest absolute Gasteiger partial charge is 0.350 e. The molecular weight excluding hydrogens is 302 g/mol. The Balaban J connectivity index is 2.03. The molecule has 0 spiro atoms. The van der Waals surface area contributed by atoms with Crippen LogP contribution >= 0.6 is 11.3 Å². The summed E-state index contributed by atoms with van der Waals surface area (Å²) in [5.41, 5.74) is 4.34. The van der Waals surface area contributed by atoms with Gasteiger partial charge in [0.1, 0.15) is 10.6 Å². The highest BCUT2D eigenvalue weighted by atomic mass is 32.1. The maximum absolute atomic E-state index is 11.7. The summed E-state index contributed by atoms with van der Waals surface area (Å²) < 4.78 is 10.1. The molecule has 1 N–H and O–H groups in total. The van der Waals surface area contributed by atoms with Gasteiger partial charge in [0.2, 0.25) is 5.13 Å². The van der Waals surface area contributed by atoms with Crippen LogP contribution in [0.15, 0.2) is 29.4 Å². The van der Waals surface area contributed by atoms with Crippen molar-refractivity contribution < 1.29 is 14.3 Å². The number of anilines is 1. The van der Waals surface area contributed by atoms with Crippen LogP contribution in [-0.2, 0) is 4.74 Å². The molecule has 22 heavy (non-hydrogen) atoms. The van der Waals surface area contributed by atoms with Crippen LogP contribution in [0.5, 0.6) is 5.75 Å². The van der Waals surface area contributed by atoms with E-state index in [4.69, 9.17) is 9.47 Å². The first-order valence-electron chi connectivity index (χ1n) is 6.71. The van der Waals surface area contributed by atoms with Crippen molar-refractivity contribution in [1.29, 1.82) is 0 Å². The van der Waals surface area contributed by atoms with E-state index >= 15 is 0 Å². The van der Waals surface area contributed by atoms with Crippen LogP contribution in [0, 0.1) is 6.92 Å². The van der Waals surface area contributed by atoms with Crippen LogP contribution < -0.4 is 10.2 Å². The topological polar surface area (TPSA) is 72.8 Å². The van der Waals surface area contributed by atoms with E-state index in [1.165, 1.54) is 11.3 Å². The second-order valence-electron chi connectivity index (χ2n) is 4.30. The molecule has 1 aromatic carbocycles. The summed E-state index contributed by atoms with van der Waals surface area (Å²) in [5, 5.41) is 4.65. The van der Waals surface area contributed by atoms with E-state index in [9.17, 15) is 4.79 Å². The lowest BCUT2D eigenvalue weighted by Gasteiger charge is -1.99. The SMILES string of the molecule is CCOC(=O)c1sc(N/N=C/c2cccc(OC)c2)nc1C. The highest BCUT2D eigenvalue weighted by Crippen LogP contribution is 2.23. The average molecular weight is 319 g/mol. The van der Waals surface area contributed by atoms with E-state index in [2.05, 4.69) is 15.5 Å². The zero-order valence-electron chi connectivity index (χ0n) is 12.6. The number of benzene rings is 1. The highest BCUT2D eigenvalue weighted by molar-refractivity contribution is 7.17. The van der Waals surface area contributed by atoms with Crippen LogP contribution in [0.3, 0.4) is 0 Å². The fraction of sp³-hybridized carbons (Fsp3) is 0.267. The summed E-state index contributed by atoms with van der Waals surface area (Å²) in [7, 11) is 1.61. The van der Waals surface area contributed by atoms with Gasteiger partial charge in [-0.05, 0) is 31.5 Å². The molecular formula is C15H17N3O3S. The Hall–Kier alpha value is -2.41. The number of methoxy groups -OCH3 is 1. The van der Waals surface area contributed by atoms with Gasteiger partial charge in [0.25, 0.3) is 0 Å². The molecule has 0 saturated carbocycles. The summed E-state index contributed by atoms with van der Waals surface area (Å²) in [6.45, 7) is 3.87. The Morgan fingerprint density at radius 1 is 1.50 bits per heavy atom. The van der Waals surface area contributed by atoms with Gasteiger partial charge in [-0.2, -0.15) is 5.10 Å². The van der Waals surface area contributed by atoms with Gasteiger partial charge >= 0.3 is 5.97 Å². The first-order valence-corrected chi connectivity index (χ1v) is 7.53. The lowest BCUT2D eigenvalue weighted by Crippen LogP contribution is -2.03. The number of aromatic nitrogens is 1. The van der Waals surface area contributed by atoms with Crippen molar-refractivity contribution in [2.24, 2.45) is 5.10 Å². The van der Waals surface area contributed by atoms with Crippen molar-refractivity contribution >= 4 is 28.7 Å². The largest absolute Gasteiger partial charge is 0.497 e. The van der Waals surface area contributed by atoms with Gasteiger partial charge in [-0.1, -0.05) is 23.5 Å². The lowest BCUT2D eigenvalue weighted by atomic mass is 10.2. The monoisotopic (exact) mass is 319 g/mol. The number of ether oxygens (including phenoxy) is 2. The Labute approximate surface area is 132 Å². The number of hydrogen-bond acceptors (Lipinski definition) is 7. The van der Waals surface area contributed by atoms with Gasteiger partial charge in [0, 0.05) is 0 Å². The van der Waals surface area contributed by atoms with Crippen LogP contribution in [0.25, 0.3) is 0 Å². The molecule has 0 amide bonds. The standard InChI is InChI=1S/C15H17N3O3S/c1-4-21-14(19)13-10(2)17-15(22-13)18-16-9-11-6-5-7-12(8-11)20-3/h5-9H,4H2,1-3H3,(H,17,18)/b16-9+. The van der Waals surface area contributed by atoms with Crippen molar-refractivity contribution in [3.8, 4) is 5.75 Å². The number of esters is 1. The predicted molar refractivity (Wildman–Crippen MR) is 87.0 cm³/mol. The van der Waals surface area contributed by atoms with Crippen LogP contribution in [0.4, 0.5) is 5.13 Å². The molecule has 0 aliphatic heterocycles. The number of aryl methyl sites for hydroxylation is 1. The summed E-state index contributed by atoms with van der Waals surface area (Å²) in [5.74, 6) is 0.404. The number of nitrogens with one attached hydrogen (secondary N) is 1. The van der Waals surface area contributed by atoms with E-state index in [0.29, 0.717) is 22.3 Å². The van der Waals surface area contributed by atoms with Crippen molar-refractivity contribution in [3.63, 3.8) is 0 Å². The molecule has 0 bridgehead atoms. The molecule has 2 rings (SSSR count). The number of rotatable bonds is 6. The zero-order valence-corrected chi connectivity index (χ0v) is 13.4. The molecule has 0 fully saturated rings. The minimum Gasteiger partial charge on any atom is -0.497 e. The van der Waals surface area contributed by atoms with E-state index < -0.39 is 0 Å². The number of nitrogens with zero attached hydrogens (tertiary/aromatic N) is 2. The van der Waals surface area contributed by atoms with Crippen molar-refractivity contribution in [1.82, 2.24) is 4.98 Å². The molecule has 7 heteroatoms. The number of thiazole rings is 1. The second-order valence-corrected chi connectivity index (χ2v) is 5.30. The molecule has 0 unspecified atom stereocenters. The summed E-state index contributed by atoms with van der Waals surface area (Å²) in [6, 6.07) is 7.51. The number of carbonyl (C=O) groups is 1. The summed E-state index contributed by atoms with van der Waals surface area (Å²) >= 11 is 1.22. The first-order chi connectivity index (χ1) is 10.6. The fourth-order valence-electron chi connectivity index (χ4n) is 1.71. The van der Waals surface area contributed by atoms with E-state index in [1.807, 2.05) is 24.3 Å². The fourth-order valence-corrected chi connectivity index (χ4v) is 2.52. The minimum atomic E-state index is -0.359. The first kappa shape index (κ1) is 16.0.